The van der Waals surface area contributed by atoms with E-state index in [2.05, 4.69) is 29.0 Å². The minimum Gasteiger partial charge on any atom is -0.490 e. The Labute approximate surface area is 196 Å². The maximum Gasteiger partial charge on any atom is 0.213 e. The molecule has 9 heteroatoms. The molecule has 32 heavy (non-hydrogen) atoms. The van der Waals surface area contributed by atoms with Crippen molar-refractivity contribution in [1.29, 1.82) is 0 Å². The Morgan fingerprint density at radius 1 is 1.12 bits per heavy atom. The molecule has 0 aliphatic heterocycles. The molecule has 1 unspecified atom stereocenters. The van der Waals surface area contributed by atoms with Crippen LogP contribution in [0.5, 0.6) is 11.6 Å². The Bertz CT molecular complexity index is 1030. The van der Waals surface area contributed by atoms with Crippen LogP contribution >= 0.6 is 22.9 Å². The molecule has 0 fully saturated rings. The maximum absolute atomic E-state index is 14.7. The van der Waals surface area contributed by atoms with Gasteiger partial charge in [-0.2, -0.15) is 0 Å². The Hall–Kier alpha value is -2.29. The van der Waals surface area contributed by atoms with Gasteiger partial charge < -0.3 is 14.6 Å². The largest absolute Gasteiger partial charge is 0.490 e. The molecule has 0 amide bonds. The average molecular weight is 480 g/mol. The smallest absolute Gasteiger partial charge is 0.213 e. The first-order chi connectivity index (χ1) is 15.3. The summed E-state index contributed by atoms with van der Waals surface area (Å²) in [6.45, 7) is 8.20. The number of hydrogen-bond donors (Lipinski definition) is 1. The summed E-state index contributed by atoms with van der Waals surface area (Å²) in [6.07, 6.45) is 2.49. The Morgan fingerprint density at radius 3 is 2.50 bits per heavy atom. The van der Waals surface area contributed by atoms with Crippen LogP contribution in [0.25, 0.3) is 21.1 Å². The zero-order chi connectivity index (χ0) is 23.3. The number of aliphatic hydroxyl groups is 1. The van der Waals surface area contributed by atoms with Crippen LogP contribution in [-0.2, 0) is 0 Å². The van der Waals surface area contributed by atoms with E-state index in [1.165, 1.54) is 23.5 Å². The second kappa shape index (κ2) is 11.0. The van der Waals surface area contributed by atoms with Gasteiger partial charge >= 0.3 is 0 Å². The van der Waals surface area contributed by atoms with Crippen molar-refractivity contribution in [3.8, 4) is 32.8 Å². The lowest BCUT2D eigenvalue weighted by Crippen LogP contribution is -2.18. The van der Waals surface area contributed by atoms with E-state index in [4.69, 9.17) is 21.1 Å². The molecule has 6 nitrogen and oxygen atoms in total. The zero-order valence-electron chi connectivity index (χ0n) is 18.5. The number of benzene rings is 1. The highest BCUT2D eigenvalue weighted by molar-refractivity contribution is 7.18. The predicted octanol–water partition coefficient (Wildman–Crippen LogP) is 5.88. The van der Waals surface area contributed by atoms with Crippen molar-refractivity contribution in [3.05, 3.63) is 41.3 Å². The van der Waals surface area contributed by atoms with Crippen LogP contribution < -0.4 is 9.47 Å². The third kappa shape index (κ3) is 6.37. The van der Waals surface area contributed by atoms with Gasteiger partial charge in [-0.15, -0.1) is 10.2 Å². The van der Waals surface area contributed by atoms with Crippen LogP contribution in [0.1, 0.15) is 34.1 Å². The quantitative estimate of drug-likeness (QED) is 0.391. The number of aliphatic hydroxyl groups excluding tert-OH is 1. The summed E-state index contributed by atoms with van der Waals surface area (Å²) >= 11 is 7.70. The molecular weight excluding hydrogens is 453 g/mol. The van der Waals surface area contributed by atoms with E-state index in [-0.39, 0.29) is 31.0 Å². The van der Waals surface area contributed by atoms with Crippen LogP contribution in [0.4, 0.5) is 4.39 Å². The lowest BCUT2D eigenvalue weighted by molar-refractivity contribution is 0.143. The number of nitrogens with zero attached hydrogens (tertiary/aromatic N) is 3. The summed E-state index contributed by atoms with van der Waals surface area (Å²) in [5, 5.41) is 19.3. The average Bonchev–Trinajstić information content (AvgIpc) is 3.22. The van der Waals surface area contributed by atoms with E-state index in [0.29, 0.717) is 32.4 Å². The monoisotopic (exact) mass is 479 g/mol. The highest BCUT2D eigenvalue weighted by Crippen LogP contribution is 2.37. The molecule has 0 aliphatic carbocycles. The minimum absolute atomic E-state index is 0.0153. The molecule has 3 aromatic rings. The lowest BCUT2D eigenvalue weighted by Gasteiger charge is -2.18. The fourth-order valence-electron chi connectivity index (χ4n) is 3.14. The normalized spacial score (nSPS) is 12.4. The minimum atomic E-state index is -0.542. The number of halogens is 2. The molecule has 0 saturated heterocycles. The third-order valence-corrected chi connectivity index (χ3v) is 5.87. The van der Waals surface area contributed by atoms with Gasteiger partial charge in [-0.05, 0) is 38.3 Å². The van der Waals surface area contributed by atoms with Crippen molar-refractivity contribution in [2.75, 3.05) is 13.2 Å². The second-order valence-electron chi connectivity index (χ2n) is 8.22. The van der Waals surface area contributed by atoms with Gasteiger partial charge in [0.05, 0.1) is 17.7 Å². The first-order valence-corrected chi connectivity index (χ1v) is 11.7. The summed E-state index contributed by atoms with van der Waals surface area (Å²) in [5.41, 5.74) is 1.22. The molecule has 0 saturated carbocycles. The number of rotatable bonds is 10. The first-order valence-electron chi connectivity index (χ1n) is 10.5. The Kier molecular flexibility index (Phi) is 8.39. The molecule has 3 rings (SSSR count). The second-order valence-corrected chi connectivity index (χ2v) is 9.60. The van der Waals surface area contributed by atoms with Gasteiger partial charge in [-0.1, -0.05) is 36.8 Å². The van der Waals surface area contributed by atoms with Gasteiger partial charge in [-0.3, -0.25) is 0 Å². The summed E-state index contributed by atoms with van der Waals surface area (Å²) in [6, 6.07) is 6.36. The summed E-state index contributed by atoms with van der Waals surface area (Å²) in [7, 11) is 0. The fourth-order valence-corrected chi connectivity index (χ4v) is 4.30. The van der Waals surface area contributed by atoms with Crippen LogP contribution in [-0.4, -0.2) is 39.6 Å². The van der Waals surface area contributed by atoms with Crippen molar-refractivity contribution in [2.45, 2.75) is 40.2 Å². The fraction of sp³-hybridized carbons (Fsp3) is 0.435. The summed E-state index contributed by atoms with van der Waals surface area (Å²) in [4.78, 5) is 4.28. The molecule has 172 valence electrons. The molecule has 0 aliphatic rings. The van der Waals surface area contributed by atoms with Gasteiger partial charge in [0.1, 0.15) is 10.0 Å². The molecule has 1 N–H and O–H groups in total. The SMILES string of the molecule is CC(C)CC(CO)COc1cc(Cl)c(-c2nnc(-c3ccc(OC(C)C)nc3)s2)cc1F. The highest BCUT2D eigenvalue weighted by atomic mass is 35.5. The van der Waals surface area contributed by atoms with Crippen molar-refractivity contribution in [3.63, 3.8) is 0 Å². The topological polar surface area (TPSA) is 77.4 Å². The molecule has 2 heterocycles. The first kappa shape index (κ1) is 24.4. The Balaban J connectivity index is 1.75. The molecule has 0 spiro atoms. The van der Waals surface area contributed by atoms with Gasteiger partial charge in [0.15, 0.2) is 11.6 Å². The van der Waals surface area contributed by atoms with Crippen LogP contribution in [0.3, 0.4) is 0 Å². The van der Waals surface area contributed by atoms with Crippen LogP contribution in [0.15, 0.2) is 30.5 Å². The van der Waals surface area contributed by atoms with E-state index in [1.807, 2.05) is 19.9 Å². The number of ether oxygens (including phenoxy) is 2. The van der Waals surface area contributed by atoms with Crippen molar-refractivity contribution in [2.24, 2.45) is 11.8 Å². The molecule has 0 bridgehead atoms. The lowest BCUT2D eigenvalue weighted by atomic mass is 9.99. The van der Waals surface area contributed by atoms with Crippen molar-refractivity contribution >= 4 is 22.9 Å². The molecule has 1 aromatic carbocycles. The molecule has 1 atom stereocenters. The standard InChI is InChI=1S/C23H27ClFN3O3S/c1-13(2)7-15(11-29)12-30-20-9-18(24)17(8-19(20)25)23-28-27-22(32-23)16-5-6-21(26-10-16)31-14(3)4/h5-6,8-10,13-15,29H,7,11-12H2,1-4H3. The van der Waals surface area contributed by atoms with Crippen molar-refractivity contribution in [1.82, 2.24) is 15.2 Å². The van der Waals surface area contributed by atoms with Crippen molar-refractivity contribution < 1.29 is 19.0 Å². The molecular formula is C23H27ClFN3O3S. The van der Waals surface area contributed by atoms with Crippen LogP contribution in [0, 0.1) is 17.7 Å². The molecule has 0 radical (unpaired) electrons. The number of aromatic nitrogens is 3. The van der Waals surface area contributed by atoms with Gasteiger partial charge in [-0.25, -0.2) is 9.37 Å². The zero-order valence-corrected chi connectivity index (χ0v) is 20.1. The van der Waals surface area contributed by atoms with Gasteiger partial charge in [0.25, 0.3) is 0 Å². The summed E-state index contributed by atoms with van der Waals surface area (Å²) < 4.78 is 25.9. The van der Waals surface area contributed by atoms with E-state index in [0.717, 1.165) is 12.0 Å². The third-order valence-electron chi connectivity index (χ3n) is 4.55. The Morgan fingerprint density at radius 2 is 1.88 bits per heavy atom. The predicted molar refractivity (Wildman–Crippen MR) is 125 cm³/mol. The van der Waals surface area contributed by atoms with Crippen LogP contribution in [0.2, 0.25) is 5.02 Å². The summed E-state index contributed by atoms with van der Waals surface area (Å²) in [5.74, 6) is 0.387. The number of pyridine rings is 1. The highest BCUT2D eigenvalue weighted by Gasteiger charge is 2.18. The van der Waals surface area contributed by atoms with E-state index >= 15 is 0 Å². The van der Waals surface area contributed by atoms with Gasteiger partial charge in [0.2, 0.25) is 5.88 Å². The maximum atomic E-state index is 14.7. The number of hydrogen-bond acceptors (Lipinski definition) is 7. The van der Waals surface area contributed by atoms with E-state index < -0.39 is 5.82 Å². The van der Waals surface area contributed by atoms with E-state index in [9.17, 15) is 9.50 Å². The van der Waals surface area contributed by atoms with Gasteiger partial charge in [0, 0.05) is 42.0 Å². The molecule has 2 aromatic heterocycles. The van der Waals surface area contributed by atoms with E-state index in [1.54, 1.807) is 12.3 Å².